The Balaban J connectivity index is 1.18. The van der Waals surface area contributed by atoms with Crippen molar-refractivity contribution in [3.8, 4) is 11.5 Å². The third-order valence-corrected chi connectivity index (χ3v) is 8.14. The molecule has 1 aliphatic rings. The summed E-state index contributed by atoms with van der Waals surface area (Å²) in [5, 5.41) is 3.04. The largest absolute Gasteiger partial charge is 0.493 e. The topological polar surface area (TPSA) is 80.8 Å². The highest BCUT2D eigenvalue weighted by molar-refractivity contribution is 8.01. The number of rotatable bonds is 9. The van der Waals surface area contributed by atoms with E-state index in [4.69, 9.17) is 9.47 Å². The number of fused-ring (bicyclic) bond motifs is 1. The summed E-state index contributed by atoms with van der Waals surface area (Å²) in [7, 11) is 3.22. The number of thiazole rings is 1. The molecule has 0 atom stereocenters. The van der Waals surface area contributed by atoms with Gasteiger partial charge in [0.25, 0.3) is 0 Å². The smallest absolute Gasteiger partial charge is 0.233 e. The molecule has 2 aromatic carbocycles. The van der Waals surface area contributed by atoms with Gasteiger partial charge in [-0.15, -0.1) is 11.3 Å². The number of carbonyl (C=O) groups excluding carboxylic acids is 2. The third-order valence-electron chi connectivity index (χ3n) is 5.97. The minimum absolute atomic E-state index is 0.0497. The number of piperidine rings is 1. The molecular weight excluding hydrogens is 470 g/mol. The molecule has 9 heteroatoms. The average molecular weight is 500 g/mol. The zero-order chi connectivity index (χ0) is 23.9. The fourth-order valence-electron chi connectivity index (χ4n) is 4.03. The summed E-state index contributed by atoms with van der Waals surface area (Å²) < 4.78 is 12.6. The Morgan fingerprint density at radius 2 is 1.88 bits per heavy atom. The molecule has 1 aliphatic heterocycles. The predicted molar refractivity (Wildman–Crippen MR) is 136 cm³/mol. The van der Waals surface area contributed by atoms with Crippen LogP contribution in [0.4, 0.5) is 0 Å². The number of nitrogens with one attached hydrogen (secondary N) is 1. The zero-order valence-electron chi connectivity index (χ0n) is 19.4. The molecule has 0 bridgehead atoms. The fourth-order valence-corrected chi connectivity index (χ4v) is 6.00. The minimum atomic E-state index is -0.0497. The van der Waals surface area contributed by atoms with Crippen LogP contribution in [-0.2, 0) is 16.0 Å². The van der Waals surface area contributed by atoms with E-state index in [-0.39, 0.29) is 17.7 Å². The molecule has 1 saturated heterocycles. The summed E-state index contributed by atoms with van der Waals surface area (Å²) >= 11 is 3.10. The summed E-state index contributed by atoms with van der Waals surface area (Å²) in [6.45, 7) is 1.80. The van der Waals surface area contributed by atoms with Crippen LogP contribution in [0.1, 0.15) is 18.4 Å². The first-order valence-electron chi connectivity index (χ1n) is 11.3. The number of carbonyl (C=O) groups is 2. The molecular formula is C25H29N3O4S2. The van der Waals surface area contributed by atoms with Crippen LogP contribution in [0.3, 0.4) is 0 Å². The first-order valence-corrected chi connectivity index (χ1v) is 13.1. The molecule has 2 heterocycles. The Kier molecular flexibility index (Phi) is 8.29. The second-order valence-electron chi connectivity index (χ2n) is 8.12. The Hall–Kier alpha value is -2.78. The number of thioether (sulfide) groups is 1. The van der Waals surface area contributed by atoms with Crippen LogP contribution in [0.2, 0.25) is 0 Å². The number of nitrogens with zero attached hydrogens (tertiary/aromatic N) is 2. The van der Waals surface area contributed by atoms with Crippen molar-refractivity contribution in [1.82, 2.24) is 15.2 Å². The Morgan fingerprint density at radius 1 is 1.12 bits per heavy atom. The Labute approximate surface area is 207 Å². The highest BCUT2D eigenvalue weighted by atomic mass is 32.2. The van der Waals surface area contributed by atoms with Crippen LogP contribution in [-0.4, -0.2) is 61.3 Å². The number of benzene rings is 2. The number of aromatic nitrogens is 1. The highest BCUT2D eigenvalue weighted by Gasteiger charge is 2.27. The summed E-state index contributed by atoms with van der Waals surface area (Å²) in [6, 6.07) is 13.8. The third kappa shape index (κ3) is 6.01. The van der Waals surface area contributed by atoms with E-state index >= 15 is 0 Å². The summed E-state index contributed by atoms with van der Waals surface area (Å²) in [5.74, 6) is 1.88. The summed E-state index contributed by atoms with van der Waals surface area (Å²) in [5.41, 5.74) is 2.05. The van der Waals surface area contributed by atoms with Gasteiger partial charge < -0.3 is 19.7 Å². The van der Waals surface area contributed by atoms with Gasteiger partial charge in [0, 0.05) is 25.6 Å². The van der Waals surface area contributed by atoms with Crippen molar-refractivity contribution >= 4 is 45.1 Å². The van der Waals surface area contributed by atoms with Crippen molar-refractivity contribution in [2.24, 2.45) is 5.92 Å². The second-order valence-corrected chi connectivity index (χ2v) is 10.4. The van der Waals surface area contributed by atoms with E-state index in [0.29, 0.717) is 56.1 Å². The minimum Gasteiger partial charge on any atom is -0.493 e. The van der Waals surface area contributed by atoms with Gasteiger partial charge in [0.15, 0.2) is 15.8 Å². The van der Waals surface area contributed by atoms with E-state index in [9.17, 15) is 9.59 Å². The normalized spacial score (nSPS) is 14.2. The van der Waals surface area contributed by atoms with Crippen molar-refractivity contribution in [3.63, 3.8) is 0 Å². The van der Waals surface area contributed by atoms with Crippen molar-refractivity contribution in [1.29, 1.82) is 0 Å². The van der Waals surface area contributed by atoms with Gasteiger partial charge in [0.05, 0.1) is 30.2 Å². The monoisotopic (exact) mass is 499 g/mol. The van der Waals surface area contributed by atoms with E-state index in [1.54, 1.807) is 25.6 Å². The summed E-state index contributed by atoms with van der Waals surface area (Å²) in [4.78, 5) is 31.7. The SMILES string of the molecule is COc1ccc(CCNC(=O)C2CCN(C(=O)CSc3nc4ccccc4s3)CC2)cc1OC. The molecule has 4 rings (SSSR count). The van der Waals surface area contributed by atoms with E-state index in [2.05, 4.69) is 10.3 Å². The first kappa shape index (κ1) is 24.3. The van der Waals surface area contributed by atoms with Gasteiger partial charge in [-0.1, -0.05) is 30.0 Å². The highest BCUT2D eigenvalue weighted by Crippen LogP contribution is 2.30. The van der Waals surface area contributed by atoms with Crippen LogP contribution < -0.4 is 14.8 Å². The lowest BCUT2D eigenvalue weighted by Gasteiger charge is -2.31. The van der Waals surface area contributed by atoms with Crippen LogP contribution in [0.15, 0.2) is 46.8 Å². The molecule has 180 valence electrons. The number of para-hydroxylation sites is 1. The van der Waals surface area contributed by atoms with Gasteiger partial charge in [0.2, 0.25) is 11.8 Å². The molecule has 0 saturated carbocycles. The zero-order valence-corrected chi connectivity index (χ0v) is 21.0. The van der Waals surface area contributed by atoms with Crippen LogP contribution in [0.25, 0.3) is 10.2 Å². The molecule has 34 heavy (non-hydrogen) atoms. The lowest BCUT2D eigenvalue weighted by molar-refractivity contribution is -0.133. The summed E-state index contributed by atoms with van der Waals surface area (Å²) in [6.07, 6.45) is 2.10. The first-order chi connectivity index (χ1) is 16.6. The van der Waals surface area contributed by atoms with Crippen molar-refractivity contribution in [2.75, 3.05) is 39.6 Å². The van der Waals surface area contributed by atoms with Crippen LogP contribution in [0, 0.1) is 5.92 Å². The molecule has 1 fully saturated rings. The number of ether oxygens (including phenoxy) is 2. The van der Waals surface area contributed by atoms with E-state index in [0.717, 1.165) is 20.1 Å². The van der Waals surface area contributed by atoms with Gasteiger partial charge in [-0.2, -0.15) is 0 Å². The standard InChI is InChI=1S/C25H29N3O4S2/c1-31-20-8-7-17(15-21(20)32-2)9-12-26-24(30)18-10-13-28(14-11-18)23(29)16-33-25-27-19-5-3-4-6-22(19)34-25/h3-8,15,18H,9-14,16H2,1-2H3,(H,26,30). The molecule has 1 aromatic heterocycles. The molecule has 0 aliphatic carbocycles. The number of hydrogen-bond acceptors (Lipinski definition) is 7. The van der Waals surface area contributed by atoms with Gasteiger partial charge in [-0.25, -0.2) is 4.98 Å². The fraction of sp³-hybridized carbons (Fsp3) is 0.400. The lowest BCUT2D eigenvalue weighted by Crippen LogP contribution is -2.43. The van der Waals surface area contributed by atoms with Crippen molar-refractivity contribution in [2.45, 2.75) is 23.6 Å². The molecule has 0 spiro atoms. The van der Waals surface area contributed by atoms with Gasteiger partial charge in [-0.05, 0) is 49.1 Å². The Morgan fingerprint density at radius 3 is 2.62 bits per heavy atom. The van der Waals surface area contributed by atoms with E-state index in [1.165, 1.54) is 11.8 Å². The average Bonchev–Trinajstić information content (AvgIpc) is 3.30. The molecule has 0 radical (unpaired) electrons. The maximum Gasteiger partial charge on any atom is 0.233 e. The number of hydrogen-bond donors (Lipinski definition) is 1. The molecule has 3 aromatic rings. The molecule has 0 unspecified atom stereocenters. The van der Waals surface area contributed by atoms with Crippen LogP contribution in [0.5, 0.6) is 11.5 Å². The van der Waals surface area contributed by atoms with Gasteiger partial charge in [-0.3, -0.25) is 9.59 Å². The van der Waals surface area contributed by atoms with Crippen LogP contribution >= 0.6 is 23.1 Å². The van der Waals surface area contributed by atoms with E-state index in [1.807, 2.05) is 47.4 Å². The maximum atomic E-state index is 12.7. The second kappa shape index (κ2) is 11.6. The van der Waals surface area contributed by atoms with Gasteiger partial charge in [0.1, 0.15) is 0 Å². The number of methoxy groups -OCH3 is 2. The van der Waals surface area contributed by atoms with Crippen molar-refractivity contribution < 1.29 is 19.1 Å². The molecule has 1 N–H and O–H groups in total. The quantitative estimate of drug-likeness (QED) is 0.448. The number of likely N-dealkylation sites (tertiary alicyclic amines) is 1. The molecule has 7 nitrogen and oxygen atoms in total. The Bertz CT molecular complexity index is 1110. The molecule has 2 amide bonds. The van der Waals surface area contributed by atoms with Gasteiger partial charge >= 0.3 is 0 Å². The van der Waals surface area contributed by atoms with Crippen molar-refractivity contribution in [3.05, 3.63) is 48.0 Å². The number of amides is 2. The van der Waals surface area contributed by atoms with E-state index < -0.39 is 0 Å². The predicted octanol–water partition coefficient (Wildman–Crippen LogP) is 4.00. The maximum absolute atomic E-state index is 12.7. The lowest BCUT2D eigenvalue weighted by atomic mass is 9.96.